The summed E-state index contributed by atoms with van der Waals surface area (Å²) in [4.78, 5) is 34.8. The second-order valence-corrected chi connectivity index (χ2v) is 28.6. The van der Waals surface area contributed by atoms with Crippen LogP contribution in [-0.4, -0.2) is 57.0 Å². The number of aromatic nitrogens is 2. The zero-order valence-corrected chi connectivity index (χ0v) is 43.4. The van der Waals surface area contributed by atoms with Crippen LogP contribution < -0.4 is 18.6 Å². The zero-order valence-electron chi connectivity index (χ0n) is 32.6. The molecule has 2 aromatic heterocycles. The first kappa shape index (κ1) is 57.5. The van der Waals surface area contributed by atoms with E-state index < -0.39 is 5.97 Å². The van der Waals surface area contributed by atoms with Crippen LogP contribution in [0.15, 0.2) is 48.5 Å². The van der Waals surface area contributed by atoms with E-state index in [0.29, 0.717) is 29.7 Å². The van der Waals surface area contributed by atoms with Crippen molar-refractivity contribution in [3.63, 3.8) is 0 Å². The van der Waals surface area contributed by atoms with E-state index in [1.54, 1.807) is 17.9 Å². The van der Waals surface area contributed by atoms with Crippen LogP contribution in [0.1, 0.15) is 120 Å². The minimum absolute atomic E-state index is 0. The van der Waals surface area contributed by atoms with Crippen LogP contribution in [0.2, 0.25) is 0 Å². The minimum atomic E-state index is -0.894. The Morgan fingerprint density at radius 2 is 1.02 bits per heavy atom. The molecule has 0 saturated carbocycles. The summed E-state index contributed by atoms with van der Waals surface area (Å²) >= 11 is 9.54. The van der Waals surface area contributed by atoms with Crippen LogP contribution in [0.3, 0.4) is 0 Å². The number of carboxylic acids is 1. The molecule has 0 atom stereocenters. The fourth-order valence-corrected chi connectivity index (χ4v) is 3.88. The molecule has 0 fully saturated rings. The van der Waals surface area contributed by atoms with Crippen molar-refractivity contribution in [2.75, 3.05) is 14.1 Å². The number of carbonyl (C=O) groups is 2. The molecule has 4 rings (SSSR count). The third-order valence-corrected chi connectivity index (χ3v) is 7.25. The third kappa shape index (κ3) is 20.3. The van der Waals surface area contributed by atoms with Gasteiger partial charge in [0.15, 0.2) is 0 Å². The van der Waals surface area contributed by atoms with Crippen molar-refractivity contribution in [2.24, 2.45) is 0 Å². The van der Waals surface area contributed by atoms with Gasteiger partial charge in [-0.05, 0) is 99.5 Å². The van der Waals surface area contributed by atoms with Crippen molar-refractivity contribution in [1.29, 1.82) is 0 Å². The number of hydrogen-bond donors (Lipinski definition) is 2. The summed E-state index contributed by atoms with van der Waals surface area (Å²) < 4.78 is 0. The second kappa shape index (κ2) is 30.1. The van der Waals surface area contributed by atoms with E-state index in [1.807, 2.05) is 126 Å². The maximum atomic E-state index is 12.9. The molecular weight excluding hydrogens is 1210 g/mol. The van der Waals surface area contributed by atoms with Gasteiger partial charge in [-0.1, -0.05) is 71.5 Å². The van der Waals surface area contributed by atoms with Gasteiger partial charge in [-0.25, -0.2) is 4.79 Å². The van der Waals surface area contributed by atoms with Crippen molar-refractivity contribution in [3.8, 4) is 0 Å². The number of carbonyl (C=O) groups excluding carboxylic acids is 1. The van der Waals surface area contributed by atoms with Gasteiger partial charge in [0, 0.05) is 77.5 Å². The van der Waals surface area contributed by atoms with E-state index in [1.165, 1.54) is 0 Å². The molecule has 12 heteroatoms. The molecule has 0 spiro atoms. The predicted molar refractivity (Wildman–Crippen MR) is 256 cm³/mol. The first-order valence-corrected chi connectivity index (χ1v) is 35.1. The molecule has 0 aliphatic rings. The molecule has 7 nitrogen and oxygen atoms in total. The summed E-state index contributed by atoms with van der Waals surface area (Å²) in [6.07, 6.45) is 0. The summed E-state index contributed by atoms with van der Waals surface area (Å²) in [5.41, 5.74) is 6.20. The fraction of sp³-hybridized carbons (Fsp3) is 0.487. The van der Waals surface area contributed by atoms with Gasteiger partial charge in [0.1, 0.15) is 0 Å². The van der Waals surface area contributed by atoms with E-state index in [-0.39, 0.29) is 18.9 Å². The quantitative estimate of drug-likeness (QED) is 0.194. The Kier molecular flexibility index (Phi) is 33.9. The first-order chi connectivity index (χ1) is 23.3. The molecule has 0 bridgehead atoms. The molecule has 4 aromatic rings. The van der Waals surface area contributed by atoms with E-state index in [9.17, 15) is 9.59 Å². The summed E-state index contributed by atoms with van der Waals surface area (Å²) in [5.74, 6) is -0.842. The van der Waals surface area contributed by atoms with E-state index >= 15 is 0 Å². The number of pyridine rings is 2. The molecule has 0 saturated heterocycles. The van der Waals surface area contributed by atoms with Gasteiger partial charge in [0.2, 0.25) is 0 Å². The van der Waals surface area contributed by atoms with Gasteiger partial charge in [-0.15, -0.1) is 0 Å². The Hall–Kier alpha value is -0.190. The van der Waals surface area contributed by atoms with E-state index in [4.69, 9.17) is 5.11 Å². The number of amides is 1. The topological polar surface area (TPSA) is 95.4 Å². The molecule has 0 unspecified atom stereocenters. The van der Waals surface area contributed by atoms with Crippen molar-refractivity contribution in [2.45, 2.75) is 115 Å². The van der Waals surface area contributed by atoms with Crippen LogP contribution in [0, 0.1) is 27.7 Å². The van der Waals surface area contributed by atoms with Crippen LogP contribution in [0.25, 0.3) is 21.8 Å². The van der Waals surface area contributed by atoms with Crippen molar-refractivity contribution in [1.82, 2.24) is 20.2 Å². The number of nitrogens with one attached hydrogen (secondary N) is 1. The Morgan fingerprint density at radius 1 is 0.725 bits per heavy atom. The number of benzene rings is 2. The van der Waals surface area contributed by atoms with Gasteiger partial charge in [-0.2, -0.15) is 0 Å². The van der Waals surface area contributed by atoms with Gasteiger partial charge in [0.05, 0.1) is 22.2 Å². The summed E-state index contributed by atoms with van der Waals surface area (Å²) in [6, 6.07) is 15.1. The molecule has 2 N–H and O–H groups in total. The molecule has 2 heterocycles. The number of hydrogen-bond acceptors (Lipinski definition) is 5. The molecule has 0 aliphatic carbocycles. The van der Waals surface area contributed by atoms with Gasteiger partial charge in [-0.3, -0.25) is 14.8 Å². The molecular formula is C39H62I5N4O3-. The first-order valence-electron chi connectivity index (χ1n) is 16.3. The second-order valence-electron chi connectivity index (χ2n) is 12.3. The van der Waals surface area contributed by atoms with Gasteiger partial charge < -0.3 is 15.3 Å². The molecule has 0 aliphatic heterocycles. The number of nitrogens with zero attached hydrogens (tertiary/aromatic N) is 3. The zero-order chi connectivity index (χ0) is 40.0. The van der Waals surface area contributed by atoms with Gasteiger partial charge >= 0.3 is 56.5 Å². The van der Waals surface area contributed by atoms with Gasteiger partial charge in [0.25, 0.3) is 5.91 Å². The average molecular weight is 1270 g/mol. The number of fused-ring (bicyclic) bond motifs is 2. The van der Waals surface area contributed by atoms with E-state index in [2.05, 4.69) is 111 Å². The third-order valence-electron chi connectivity index (χ3n) is 7.25. The van der Waals surface area contributed by atoms with Crippen LogP contribution in [0.5, 0.6) is 0 Å². The Labute approximate surface area is 363 Å². The van der Waals surface area contributed by atoms with Crippen molar-refractivity contribution >= 4 is 108 Å². The number of halogens is 5. The Bertz CT molecular complexity index is 1590. The molecule has 0 radical (unpaired) electrons. The summed E-state index contributed by atoms with van der Waals surface area (Å²) in [5, 5.41) is 13.9. The monoisotopic (exact) mass is 1270 g/mol. The van der Waals surface area contributed by atoms with Crippen molar-refractivity contribution in [3.05, 3.63) is 82.2 Å². The van der Waals surface area contributed by atoms with Crippen molar-refractivity contribution < 1.29 is 28.0 Å². The average Bonchev–Trinajstić information content (AvgIpc) is 3.08. The molecule has 292 valence electrons. The summed E-state index contributed by atoms with van der Waals surface area (Å²) in [7, 11) is 3.81. The fourth-order valence-electron chi connectivity index (χ4n) is 3.88. The van der Waals surface area contributed by atoms with Crippen LogP contribution in [-0.2, 0) is 0 Å². The standard InChI is InChI=1S/C17H22N2O.C12H11NO2.C5H13N.2C2H6.CH4.I3.I2/c1-11-12(2)18-14-10-8-7-9-13(14)15(11)16(20)19(6)17(3,4)5;1-7-8(2)13-10-6-4-3-5-9(10)11(7)12(14)15;1-5(2,3)6-4;2*1-2;;1-3-2;1-2/h7-10H,1-6H3;3-6H,1-2H3,(H,14,15);6H,1-4H3;2*1-2H3;1H4;;/q;;;;;;-1;. The normalized spacial score (nSPS) is 9.88. The Morgan fingerprint density at radius 3 is 1.31 bits per heavy atom. The van der Waals surface area contributed by atoms with Crippen LogP contribution in [0.4, 0.5) is 0 Å². The molecule has 51 heavy (non-hydrogen) atoms. The van der Waals surface area contributed by atoms with E-state index in [0.717, 1.165) is 44.5 Å². The number of rotatable bonds is 2. The Balaban J connectivity index is -0.000000314. The number of para-hydroxylation sites is 2. The SMILES string of the molecule is C.CC.CC.CNC(C)(C)C.Cc1nc2ccccc2c(C(=O)N(C)C(C)(C)C)c1C.Cc1nc2ccccc2c(C(=O)O)c1C.II.I[I-]I. The molecule has 2 aromatic carbocycles. The number of aryl methyl sites for hydroxylation is 2. The number of aromatic carboxylic acids is 1. The molecule has 1 amide bonds. The van der Waals surface area contributed by atoms with Crippen LogP contribution >= 0.6 is 74.5 Å². The maximum absolute atomic E-state index is 12.9. The summed E-state index contributed by atoms with van der Waals surface area (Å²) in [6.45, 7) is 28.1. The predicted octanol–water partition coefficient (Wildman–Crippen LogP) is 10.5. The number of carboxylic acid groups (broad SMARTS) is 1.